The van der Waals surface area contributed by atoms with E-state index in [2.05, 4.69) is 81.3 Å². The summed E-state index contributed by atoms with van der Waals surface area (Å²) in [4.78, 5) is 17.7. The highest BCUT2D eigenvalue weighted by Crippen LogP contribution is 2.19. The van der Waals surface area contributed by atoms with E-state index >= 15 is 0 Å². The molecule has 0 bridgehead atoms. The zero-order valence-corrected chi connectivity index (χ0v) is 43.1. The van der Waals surface area contributed by atoms with Crippen LogP contribution in [0.1, 0.15) is 290 Å². The van der Waals surface area contributed by atoms with Crippen molar-refractivity contribution >= 4 is 5.91 Å². The molecule has 3 nitrogen and oxygen atoms in total. The minimum Gasteiger partial charge on any atom is -0.344 e. The smallest absolute Gasteiger partial charge is 0.222 e. The van der Waals surface area contributed by atoms with Gasteiger partial charge in [0.05, 0.1) is 0 Å². The van der Waals surface area contributed by atoms with E-state index < -0.39 is 0 Å². The van der Waals surface area contributed by atoms with Gasteiger partial charge in [-0.15, -0.1) is 0 Å². The quantitative estimate of drug-likeness (QED) is 0.0449. The lowest BCUT2D eigenvalue weighted by atomic mass is 9.98. The average molecular weight is 866 g/mol. The summed E-state index contributed by atoms with van der Waals surface area (Å²) >= 11 is 0. The van der Waals surface area contributed by atoms with Crippen molar-refractivity contribution in [2.75, 3.05) is 27.2 Å². The molecule has 0 N–H and O–H groups in total. The summed E-state index contributed by atoms with van der Waals surface area (Å²) in [5.74, 6) is 0.347. The van der Waals surface area contributed by atoms with Crippen molar-refractivity contribution in [2.45, 2.75) is 296 Å². The van der Waals surface area contributed by atoms with E-state index in [1.54, 1.807) is 0 Å². The highest BCUT2D eigenvalue weighted by molar-refractivity contribution is 5.75. The number of rotatable bonds is 50. The average Bonchev–Trinajstić information content (AvgIpc) is 3.28. The highest BCUT2D eigenvalue weighted by Gasteiger charge is 2.16. The highest BCUT2D eigenvalue weighted by atomic mass is 16.2. The Morgan fingerprint density at radius 3 is 1.02 bits per heavy atom. The van der Waals surface area contributed by atoms with Crippen molar-refractivity contribution in [3.05, 3.63) is 48.6 Å². The fourth-order valence-electron chi connectivity index (χ4n) is 8.77. The molecule has 0 rings (SSSR count). The SMILES string of the molecule is CCCCC/C=C\C/C=C\CCCCCCCCC(CCCCCCCC/C=C\C/C=C\CCCCC)N(C)CCN(C)C(=O)CCCCCCCCCCCCCCCCC. The first-order valence-electron chi connectivity index (χ1n) is 28.1. The molecule has 0 radical (unpaired) electrons. The van der Waals surface area contributed by atoms with Gasteiger partial charge in [-0.2, -0.15) is 0 Å². The van der Waals surface area contributed by atoms with Crippen molar-refractivity contribution in [3.63, 3.8) is 0 Å². The number of likely N-dealkylation sites (N-methyl/N-ethyl adjacent to an activating group) is 2. The first-order chi connectivity index (χ1) is 30.6. The van der Waals surface area contributed by atoms with E-state index in [1.165, 1.54) is 244 Å². The van der Waals surface area contributed by atoms with E-state index in [9.17, 15) is 4.79 Å². The first-order valence-corrected chi connectivity index (χ1v) is 28.1. The zero-order valence-electron chi connectivity index (χ0n) is 43.1. The lowest BCUT2D eigenvalue weighted by Gasteiger charge is -2.30. The van der Waals surface area contributed by atoms with Gasteiger partial charge in [-0.25, -0.2) is 0 Å². The summed E-state index contributed by atoms with van der Waals surface area (Å²) in [7, 11) is 4.38. The normalized spacial score (nSPS) is 12.3. The Morgan fingerprint density at radius 1 is 0.355 bits per heavy atom. The van der Waals surface area contributed by atoms with Crippen LogP contribution in [0.5, 0.6) is 0 Å². The van der Waals surface area contributed by atoms with Crippen molar-refractivity contribution < 1.29 is 4.79 Å². The lowest BCUT2D eigenvalue weighted by molar-refractivity contribution is -0.130. The van der Waals surface area contributed by atoms with Gasteiger partial charge in [-0.1, -0.05) is 249 Å². The predicted molar refractivity (Wildman–Crippen MR) is 282 cm³/mol. The zero-order chi connectivity index (χ0) is 45.1. The third-order valence-electron chi connectivity index (χ3n) is 13.3. The number of carbonyl (C=O) groups is 1. The summed E-state index contributed by atoms with van der Waals surface area (Å²) in [6.07, 6.45) is 74.3. The molecule has 0 aliphatic heterocycles. The van der Waals surface area contributed by atoms with Crippen LogP contribution in [0.3, 0.4) is 0 Å². The maximum Gasteiger partial charge on any atom is 0.222 e. The minimum atomic E-state index is 0.347. The topological polar surface area (TPSA) is 23.6 Å². The third kappa shape index (κ3) is 46.4. The molecule has 0 aromatic heterocycles. The van der Waals surface area contributed by atoms with Gasteiger partial charge in [-0.3, -0.25) is 4.79 Å². The summed E-state index contributed by atoms with van der Waals surface area (Å²) < 4.78 is 0. The molecule has 62 heavy (non-hydrogen) atoms. The van der Waals surface area contributed by atoms with Crippen LogP contribution in [0.2, 0.25) is 0 Å². The Hall–Kier alpha value is -1.61. The Labute approximate surface area is 391 Å². The van der Waals surface area contributed by atoms with Crippen LogP contribution in [-0.4, -0.2) is 48.9 Å². The Bertz CT molecular complexity index is 948. The second-order valence-corrected chi connectivity index (χ2v) is 19.4. The molecule has 0 spiro atoms. The molecule has 364 valence electrons. The van der Waals surface area contributed by atoms with E-state index in [0.29, 0.717) is 11.9 Å². The molecule has 0 aromatic carbocycles. The molecule has 0 heterocycles. The van der Waals surface area contributed by atoms with E-state index in [0.717, 1.165) is 38.8 Å². The van der Waals surface area contributed by atoms with Crippen LogP contribution in [-0.2, 0) is 4.79 Å². The van der Waals surface area contributed by atoms with Gasteiger partial charge < -0.3 is 9.80 Å². The third-order valence-corrected chi connectivity index (χ3v) is 13.3. The molecule has 0 fully saturated rings. The largest absolute Gasteiger partial charge is 0.344 e. The first kappa shape index (κ1) is 60.4. The molecule has 0 aliphatic carbocycles. The number of hydrogen-bond donors (Lipinski definition) is 0. The van der Waals surface area contributed by atoms with Crippen molar-refractivity contribution in [3.8, 4) is 0 Å². The number of unbranched alkanes of at least 4 members (excludes halogenated alkanes) is 32. The van der Waals surface area contributed by atoms with Gasteiger partial charge in [0.25, 0.3) is 0 Å². The van der Waals surface area contributed by atoms with Gasteiger partial charge in [0.2, 0.25) is 5.91 Å². The minimum absolute atomic E-state index is 0.347. The van der Waals surface area contributed by atoms with E-state index in [-0.39, 0.29) is 0 Å². The molecule has 0 unspecified atom stereocenters. The number of nitrogens with zero attached hydrogens (tertiary/aromatic N) is 2. The van der Waals surface area contributed by atoms with Crippen LogP contribution in [0, 0.1) is 0 Å². The molecule has 3 heteroatoms. The molecule has 1 amide bonds. The fraction of sp³-hybridized carbons (Fsp3) is 0.847. The van der Waals surface area contributed by atoms with Gasteiger partial charge >= 0.3 is 0 Å². The summed E-state index contributed by atoms with van der Waals surface area (Å²) in [5.41, 5.74) is 0. The van der Waals surface area contributed by atoms with Crippen LogP contribution in [0.4, 0.5) is 0 Å². The Balaban J connectivity index is 4.38. The number of hydrogen-bond acceptors (Lipinski definition) is 2. The van der Waals surface area contributed by atoms with Gasteiger partial charge in [0, 0.05) is 32.6 Å². The molecular weight excluding hydrogens is 753 g/mol. The van der Waals surface area contributed by atoms with Crippen molar-refractivity contribution in [1.82, 2.24) is 9.80 Å². The standard InChI is InChI=1S/C59H112N2O/c1-6-9-12-15-18-21-24-27-30-33-35-38-41-44-47-50-53-58(54-51-48-45-42-39-36-34-31-28-25-22-19-16-13-10-7-2)60(4)56-57-61(5)59(62)55-52-49-46-43-40-37-32-29-26-23-20-17-14-11-8-3/h18-19,21-22,27-28,30-31,58H,6-17,20,23-26,29,32-57H2,1-5H3/b21-18-,22-19-,30-27-,31-28-. The van der Waals surface area contributed by atoms with Crippen LogP contribution < -0.4 is 0 Å². The Kier molecular flexibility index (Phi) is 50.7. The maximum atomic E-state index is 13.0. The predicted octanol–water partition coefficient (Wildman–Crippen LogP) is 19.4. The van der Waals surface area contributed by atoms with Gasteiger partial charge in [-0.05, 0) is 90.5 Å². The van der Waals surface area contributed by atoms with Gasteiger partial charge in [0.1, 0.15) is 0 Å². The Morgan fingerprint density at radius 2 is 0.645 bits per heavy atom. The van der Waals surface area contributed by atoms with E-state index in [1.807, 2.05) is 11.9 Å². The fourth-order valence-corrected chi connectivity index (χ4v) is 8.77. The molecule has 0 aromatic rings. The molecule has 0 aliphatic rings. The second-order valence-electron chi connectivity index (χ2n) is 19.4. The summed E-state index contributed by atoms with van der Waals surface area (Å²) in [6, 6.07) is 0.644. The van der Waals surface area contributed by atoms with Gasteiger partial charge in [0.15, 0.2) is 0 Å². The van der Waals surface area contributed by atoms with Crippen LogP contribution in [0.15, 0.2) is 48.6 Å². The second kappa shape index (κ2) is 52.0. The van der Waals surface area contributed by atoms with Crippen LogP contribution >= 0.6 is 0 Å². The number of carbonyl (C=O) groups excluding carboxylic acids is 1. The molecule has 0 saturated carbocycles. The molecule has 0 saturated heterocycles. The molecule has 0 atom stereocenters. The lowest BCUT2D eigenvalue weighted by Crippen LogP contribution is -2.39. The van der Waals surface area contributed by atoms with Crippen molar-refractivity contribution in [2.24, 2.45) is 0 Å². The summed E-state index contributed by atoms with van der Waals surface area (Å²) in [6.45, 7) is 8.70. The maximum absolute atomic E-state index is 13.0. The molecular formula is C59H112N2O. The monoisotopic (exact) mass is 865 g/mol. The summed E-state index contributed by atoms with van der Waals surface area (Å²) in [5, 5.41) is 0. The van der Waals surface area contributed by atoms with Crippen molar-refractivity contribution in [1.29, 1.82) is 0 Å². The van der Waals surface area contributed by atoms with Crippen LogP contribution in [0.25, 0.3) is 0 Å². The number of allylic oxidation sites excluding steroid dienone is 8. The number of amides is 1. The van der Waals surface area contributed by atoms with E-state index in [4.69, 9.17) is 0 Å².